The summed E-state index contributed by atoms with van der Waals surface area (Å²) in [6.45, 7) is 4.62. The van der Waals surface area contributed by atoms with Crippen LogP contribution < -0.4 is 4.90 Å². The lowest BCUT2D eigenvalue weighted by Crippen LogP contribution is -2.27. The number of anilines is 2. The normalized spacial score (nSPS) is 15.9. The largest absolute Gasteiger partial charge is 0.453 e. The Morgan fingerprint density at radius 3 is 2.08 bits per heavy atom. The highest BCUT2D eigenvalue weighted by Crippen LogP contribution is 2.53. The first kappa shape index (κ1) is 34.3. The minimum atomic E-state index is -0.163. The van der Waals surface area contributed by atoms with Crippen LogP contribution in [-0.2, 0) is 5.41 Å². The maximum absolute atomic E-state index is 7.31. The van der Waals surface area contributed by atoms with Gasteiger partial charge in [0.15, 0.2) is 23.1 Å². The number of hydrogen-bond donors (Lipinski definition) is 0. The summed E-state index contributed by atoms with van der Waals surface area (Å²) in [4.78, 5) is 18.3. The van der Waals surface area contributed by atoms with E-state index in [-0.39, 0.29) is 11.5 Å². The Balaban J connectivity index is 1.05. The number of para-hydroxylation sites is 1. The number of hydrogen-bond acceptors (Lipinski definition) is 5. The molecule has 0 spiro atoms. The second kappa shape index (κ2) is 12.7. The molecule has 2 aromatic heterocycles. The predicted octanol–water partition coefficient (Wildman–Crippen LogP) is 14.2. The molecule has 0 saturated heterocycles. The topological polar surface area (TPSA) is 55.1 Å². The SMILES string of the molecule is CC1(C)c2ccccc2-c2ccc(-c3nc(-c4ccccc4)nc(-c4cc5ccccc5c5c4oc4c(N6c7cc8ccccc8cc7C7=CC=CCC76)cccc45)n3)cc21. The van der Waals surface area contributed by atoms with Gasteiger partial charge in [0.05, 0.1) is 23.0 Å². The van der Waals surface area contributed by atoms with Crippen molar-refractivity contribution in [2.75, 3.05) is 4.90 Å². The Kier molecular flexibility index (Phi) is 7.12. The molecule has 2 aliphatic carbocycles. The molecular weight excluding hydrogens is 745 g/mol. The van der Waals surface area contributed by atoms with Crippen LogP contribution in [0.4, 0.5) is 11.4 Å². The smallest absolute Gasteiger partial charge is 0.167 e. The molecule has 10 aromatic rings. The fourth-order valence-electron chi connectivity index (χ4n) is 10.4. The molecule has 288 valence electrons. The summed E-state index contributed by atoms with van der Waals surface area (Å²) in [5, 5.41) is 6.82. The summed E-state index contributed by atoms with van der Waals surface area (Å²) in [5.41, 5.74) is 14.2. The van der Waals surface area contributed by atoms with E-state index in [9.17, 15) is 0 Å². The fourth-order valence-corrected chi connectivity index (χ4v) is 10.4. The third kappa shape index (κ3) is 4.98. The van der Waals surface area contributed by atoms with Gasteiger partial charge < -0.3 is 9.32 Å². The molecule has 0 N–H and O–H groups in total. The molecule has 0 fully saturated rings. The van der Waals surface area contributed by atoms with E-state index in [1.165, 1.54) is 49.9 Å². The van der Waals surface area contributed by atoms with E-state index in [0.29, 0.717) is 17.5 Å². The second-order valence-corrected chi connectivity index (χ2v) is 17.1. The molecule has 0 amide bonds. The molecule has 1 unspecified atom stereocenters. The van der Waals surface area contributed by atoms with Crippen LogP contribution in [0.1, 0.15) is 37.0 Å². The zero-order valence-electron chi connectivity index (χ0n) is 33.7. The maximum atomic E-state index is 7.31. The van der Waals surface area contributed by atoms with Crippen LogP contribution in [0.15, 0.2) is 180 Å². The average molecular weight is 783 g/mol. The highest BCUT2D eigenvalue weighted by Gasteiger charge is 2.38. The fraction of sp³-hybridized carbons (Fsp3) is 0.0893. The Morgan fingerprint density at radius 2 is 1.21 bits per heavy atom. The summed E-state index contributed by atoms with van der Waals surface area (Å²) >= 11 is 0. The molecule has 3 aliphatic rings. The van der Waals surface area contributed by atoms with Crippen molar-refractivity contribution in [2.45, 2.75) is 31.7 Å². The van der Waals surface area contributed by atoms with Gasteiger partial charge in [-0.15, -0.1) is 0 Å². The lowest BCUT2D eigenvalue weighted by atomic mass is 9.82. The van der Waals surface area contributed by atoms with Crippen LogP contribution >= 0.6 is 0 Å². The molecule has 5 nitrogen and oxygen atoms in total. The van der Waals surface area contributed by atoms with Crippen molar-refractivity contribution in [3.63, 3.8) is 0 Å². The number of nitrogens with zero attached hydrogens (tertiary/aromatic N) is 4. The molecule has 3 heterocycles. The van der Waals surface area contributed by atoms with Crippen LogP contribution in [0, 0.1) is 0 Å². The van der Waals surface area contributed by atoms with E-state index >= 15 is 0 Å². The van der Waals surface area contributed by atoms with E-state index in [1.54, 1.807) is 0 Å². The van der Waals surface area contributed by atoms with Crippen LogP contribution in [-0.4, -0.2) is 21.0 Å². The van der Waals surface area contributed by atoms with E-state index in [0.717, 1.165) is 61.5 Å². The molecule has 0 radical (unpaired) electrons. The molecule has 1 aliphatic heterocycles. The number of allylic oxidation sites excluding steroid dienone is 2. The van der Waals surface area contributed by atoms with E-state index < -0.39 is 0 Å². The Labute approximate surface area is 353 Å². The number of fused-ring (bicyclic) bond motifs is 12. The van der Waals surface area contributed by atoms with Gasteiger partial charge in [-0.2, -0.15) is 0 Å². The van der Waals surface area contributed by atoms with Gasteiger partial charge in [-0.3, -0.25) is 0 Å². The van der Waals surface area contributed by atoms with E-state index in [2.05, 4.69) is 177 Å². The number of rotatable bonds is 4. The minimum absolute atomic E-state index is 0.149. The third-order valence-corrected chi connectivity index (χ3v) is 13.4. The number of furan rings is 1. The van der Waals surface area contributed by atoms with Crippen molar-refractivity contribution in [1.82, 2.24) is 15.0 Å². The van der Waals surface area contributed by atoms with E-state index in [4.69, 9.17) is 19.4 Å². The average Bonchev–Trinajstić information content (AvgIpc) is 3.94. The van der Waals surface area contributed by atoms with Crippen molar-refractivity contribution in [3.8, 4) is 45.3 Å². The van der Waals surface area contributed by atoms with Gasteiger partial charge >= 0.3 is 0 Å². The maximum Gasteiger partial charge on any atom is 0.167 e. The van der Waals surface area contributed by atoms with Crippen LogP contribution in [0.2, 0.25) is 0 Å². The quantitative estimate of drug-likeness (QED) is 0.178. The number of benzene rings is 8. The van der Waals surface area contributed by atoms with Gasteiger partial charge in [0.1, 0.15) is 5.58 Å². The number of aromatic nitrogens is 3. The van der Waals surface area contributed by atoms with Crippen molar-refractivity contribution >= 4 is 60.4 Å². The first-order valence-electron chi connectivity index (χ1n) is 21.1. The summed E-state index contributed by atoms with van der Waals surface area (Å²) in [6.07, 6.45) is 7.67. The lowest BCUT2D eigenvalue weighted by molar-refractivity contribution is 0.660. The predicted molar refractivity (Wildman–Crippen MR) is 250 cm³/mol. The Bertz CT molecular complexity index is 3560. The second-order valence-electron chi connectivity index (χ2n) is 17.1. The zero-order valence-corrected chi connectivity index (χ0v) is 33.7. The molecule has 0 saturated carbocycles. The summed E-state index contributed by atoms with van der Waals surface area (Å²) < 4.78 is 7.31. The minimum Gasteiger partial charge on any atom is -0.453 e. The zero-order chi connectivity index (χ0) is 40.4. The van der Waals surface area contributed by atoms with Gasteiger partial charge in [0.25, 0.3) is 0 Å². The summed E-state index contributed by atoms with van der Waals surface area (Å²) in [6, 6.07) is 56.5. The highest BCUT2D eigenvalue weighted by atomic mass is 16.3. The van der Waals surface area contributed by atoms with E-state index in [1.807, 2.05) is 18.2 Å². The van der Waals surface area contributed by atoms with Crippen molar-refractivity contribution in [2.24, 2.45) is 0 Å². The van der Waals surface area contributed by atoms with Crippen LogP contribution in [0.3, 0.4) is 0 Å². The van der Waals surface area contributed by atoms with Gasteiger partial charge in [-0.05, 0) is 86.1 Å². The molecule has 61 heavy (non-hydrogen) atoms. The molecular formula is C56H38N4O. The van der Waals surface area contributed by atoms with Gasteiger partial charge in [0.2, 0.25) is 0 Å². The Morgan fingerprint density at radius 1 is 0.525 bits per heavy atom. The highest BCUT2D eigenvalue weighted by molar-refractivity contribution is 6.24. The van der Waals surface area contributed by atoms with Gasteiger partial charge in [-0.1, -0.05) is 159 Å². The lowest BCUT2D eigenvalue weighted by Gasteiger charge is -2.28. The van der Waals surface area contributed by atoms with Crippen molar-refractivity contribution < 1.29 is 4.42 Å². The molecule has 8 aromatic carbocycles. The van der Waals surface area contributed by atoms with Crippen LogP contribution in [0.5, 0.6) is 0 Å². The van der Waals surface area contributed by atoms with Gasteiger partial charge in [-0.25, -0.2) is 15.0 Å². The first-order chi connectivity index (χ1) is 30.0. The molecule has 1 atom stereocenters. The standard InChI is InChI=1S/C56H38N4O/c1-56(2)45-24-12-10-21-39(45)40-28-27-37(31-46(40)56)54-57-53(33-15-4-3-5-16-33)58-55(59-54)44-30-36-19-8-9-20-38(36)50-42-23-14-26-48(51(42)61-52(44)50)60-47-25-13-11-22-41(47)43-29-34-17-6-7-18-35(34)32-49(43)60/h3-24,26-32,47H,25H2,1-2H3. The monoisotopic (exact) mass is 782 g/mol. The first-order valence-corrected chi connectivity index (χ1v) is 21.1. The Hall–Kier alpha value is -7.63. The summed E-state index contributed by atoms with van der Waals surface area (Å²) in [7, 11) is 0. The molecule has 5 heteroatoms. The third-order valence-electron chi connectivity index (χ3n) is 13.4. The van der Waals surface area contributed by atoms with Crippen LogP contribution in [0.25, 0.3) is 94.3 Å². The van der Waals surface area contributed by atoms with Crippen molar-refractivity contribution in [3.05, 3.63) is 193 Å². The summed E-state index contributed by atoms with van der Waals surface area (Å²) in [5.74, 6) is 1.82. The molecule has 0 bridgehead atoms. The van der Waals surface area contributed by atoms with Gasteiger partial charge in [0, 0.05) is 32.9 Å². The molecule has 13 rings (SSSR count). The van der Waals surface area contributed by atoms with Crippen molar-refractivity contribution in [1.29, 1.82) is 0 Å².